The summed E-state index contributed by atoms with van der Waals surface area (Å²) >= 11 is 3.46. The van der Waals surface area contributed by atoms with Crippen LogP contribution in [-0.4, -0.2) is 50.7 Å². The molecule has 0 atom stereocenters. The van der Waals surface area contributed by atoms with E-state index in [1.165, 1.54) is 0 Å². The molecule has 3 aromatic heterocycles. The number of hydrogen-bond donors (Lipinski definition) is 2. The molecular weight excluding hydrogens is 474 g/mol. The first kappa shape index (κ1) is 21.1. The number of piperazine rings is 1. The number of pyridine rings is 2. The minimum Gasteiger partial charge on any atom is -0.427 e. The van der Waals surface area contributed by atoms with Crippen molar-refractivity contribution in [2.75, 3.05) is 31.1 Å². The predicted molar refractivity (Wildman–Crippen MR) is 126 cm³/mol. The maximum atomic E-state index is 13.1. The Morgan fingerprint density at radius 1 is 1.22 bits per heavy atom. The molecule has 1 saturated carbocycles. The lowest BCUT2D eigenvalue weighted by molar-refractivity contribution is 0.172. The molecule has 0 bridgehead atoms. The van der Waals surface area contributed by atoms with Gasteiger partial charge in [0.1, 0.15) is 5.65 Å². The van der Waals surface area contributed by atoms with Crippen molar-refractivity contribution in [3.63, 3.8) is 0 Å². The van der Waals surface area contributed by atoms with Crippen molar-refractivity contribution in [1.82, 2.24) is 24.6 Å². The summed E-state index contributed by atoms with van der Waals surface area (Å²) in [5.74, 6) is 0.211. The van der Waals surface area contributed by atoms with Crippen molar-refractivity contribution in [3.05, 3.63) is 50.4 Å². The Balaban J connectivity index is 1.59. The van der Waals surface area contributed by atoms with Gasteiger partial charge in [0.2, 0.25) is 0 Å². The normalized spacial score (nSPS) is 18.1. The van der Waals surface area contributed by atoms with Crippen LogP contribution in [-0.2, 0) is 0 Å². The van der Waals surface area contributed by atoms with Gasteiger partial charge < -0.3 is 15.4 Å². The fraction of sp³-hybridized carbons (Fsp3) is 0.455. The molecule has 0 unspecified atom stereocenters. The fourth-order valence-corrected chi connectivity index (χ4v) is 5.02. The highest BCUT2D eigenvalue weighted by molar-refractivity contribution is 9.10. The topological polar surface area (TPSA) is 101 Å². The molecule has 10 heteroatoms. The van der Waals surface area contributed by atoms with Gasteiger partial charge >= 0.3 is 0 Å². The summed E-state index contributed by atoms with van der Waals surface area (Å²) in [7, 11) is 0. The van der Waals surface area contributed by atoms with E-state index in [1.54, 1.807) is 23.0 Å². The van der Waals surface area contributed by atoms with E-state index in [4.69, 9.17) is 0 Å². The number of halogens is 1. The molecule has 2 fully saturated rings. The van der Waals surface area contributed by atoms with Crippen LogP contribution in [0, 0.1) is 6.92 Å². The summed E-state index contributed by atoms with van der Waals surface area (Å²) in [5.41, 5.74) is 2.61. The highest BCUT2D eigenvalue weighted by Gasteiger charge is 2.23. The fourth-order valence-electron chi connectivity index (χ4n) is 4.62. The number of hydrogen-bond acceptors (Lipinski definition) is 7. The van der Waals surface area contributed by atoms with Gasteiger partial charge in [-0.05, 0) is 53.4 Å². The van der Waals surface area contributed by atoms with E-state index in [9.17, 15) is 10.0 Å². The van der Waals surface area contributed by atoms with Crippen LogP contribution in [0.3, 0.4) is 0 Å². The number of aromatic nitrogens is 4. The van der Waals surface area contributed by atoms with Crippen LogP contribution in [0.4, 0.5) is 11.6 Å². The summed E-state index contributed by atoms with van der Waals surface area (Å²) in [6, 6.07) is 3.82. The van der Waals surface area contributed by atoms with Crippen LogP contribution in [0.1, 0.15) is 37.3 Å². The molecule has 4 heterocycles. The Hall–Kier alpha value is -2.72. The molecule has 32 heavy (non-hydrogen) atoms. The van der Waals surface area contributed by atoms with Crippen LogP contribution in [0.2, 0.25) is 0 Å². The Morgan fingerprint density at radius 2 is 1.97 bits per heavy atom. The van der Waals surface area contributed by atoms with Gasteiger partial charge in [0, 0.05) is 43.8 Å². The quantitative estimate of drug-likeness (QED) is 0.537. The molecular formula is C22H26BrN7O2. The molecule has 2 aliphatic rings. The van der Waals surface area contributed by atoms with Gasteiger partial charge in [-0.15, -0.1) is 0 Å². The standard InChI is InChI=1S/C22H26BrN7O2/c1-14-17-12-25-22(27-20(17)30(21(31)19(14)23)15-4-2-3-5-15)26-18-7-6-16(13-29(18)32)28-10-8-24-9-11-28/h6-7,12-13,15,24,32H,2-5,8-11H2,1H3/b26-18-. The van der Waals surface area contributed by atoms with Crippen LogP contribution < -0.4 is 21.3 Å². The Kier molecular flexibility index (Phi) is 5.73. The van der Waals surface area contributed by atoms with Gasteiger partial charge in [0.15, 0.2) is 5.49 Å². The first-order chi connectivity index (χ1) is 15.5. The third-order valence-electron chi connectivity index (χ3n) is 6.40. The molecule has 0 spiro atoms. The molecule has 1 saturated heterocycles. The van der Waals surface area contributed by atoms with Crippen LogP contribution in [0.5, 0.6) is 0 Å². The summed E-state index contributed by atoms with van der Waals surface area (Å²) in [4.78, 5) is 28.8. The van der Waals surface area contributed by atoms with Crippen LogP contribution in [0.15, 0.2) is 38.8 Å². The van der Waals surface area contributed by atoms with Gasteiger partial charge in [0.25, 0.3) is 11.5 Å². The first-order valence-corrected chi connectivity index (χ1v) is 11.8. The molecule has 1 aliphatic heterocycles. The van der Waals surface area contributed by atoms with Gasteiger partial charge in [0.05, 0.1) is 16.4 Å². The number of anilines is 1. The predicted octanol–water partition coefficient (Wildman–Crippen LogP) is 2.66. The molecule has 9 nitrogen and oxygen atoms in total. The molecule has 3 aromatic rings. The van der Waals surface area contributed by atoms with Gasteiger partial charge in [-0.2, -0.15) is 14.7 Å². The monoisotopic (exact) mass is 499 g/mol. The first-order valence-electron chi connectivity index (χ1n) is 11.0. The lowest BCUT2D eigenvalue weighted by atomic mass is 10.1. The zero-order valence-corrected chi connectivity index (χ0v) is 19.5. The molecule has 0 aromatic carbocycles. The van der Waals surface area contributed by atoms with Crippen LogP contribution in [0.25, 0.3) is 11.0 Å². The second-order valence-corrected chi connectivity index (χ2v) is 9.19. The molecule has 5 rings (SSSR count). The third-order valence-corrected chi connectivity index (χ3v) is 7.34. The van der Waals surface area contributed by atoms with E-state index < -0.39 is 0 Å². The van der Waals surface area contributed by atoms with E-state index in [1.807, 2.05) is 13.0 Å². The number of fused-ring (bicyclic) bond motifs is 1. The second kappa shape index (κ2) is 8.67. The van der Waals surface area contributed by atoms with E-state index in [0.717, 1.165) is 73.2 Å². The molecule has 1 aliphatic carbocycles. The van der Waals surface area contributed by atoms with Gasteiger partial charge in [-0.3, -0.25) is 9.36 Å². The summed E-state index contributed by atoms with van der Waals surface area (Å²) < 4.78 is 3.35. The minimum absolute atomic E-state index is 0.0656. The smallest absolute Gasteiger partial charge is 0.267 e. The van der Waals surface area contributed by atoms with Crippen molar-refractivity contribution >= 4 is 38.6 Å². The van der Waals surface area contributed by atoms with Crippen molar-refractivity contribution < 1.29 is 5.21 Å². The van der Waals surface area contributed by atoms with Crippen molar-refractivity contribution in [3.8, 4) is 0 Å². The van der Waals surface area contributed by atoms with E-state index in [0.29, 0.717) is 15.6 Å². The lowest BCUT2D eigenvalue weighted by Gasteiger charge is -2.29. The van der Waals surface area contributed by atoms with E-state index in [-0.39, 0.29) is 17.5 Å². The molecule has 0 amide bonds. The van der Waals surface area contributed by atoms with Gasteiger partial charge in [-0.1, -0.05) is 12.8 Å². The Bertz CT molecular complexity index is 1290. The minimum atomic E-state index is -0.0656. The third kappa shape index (κ3) is 3.81. The number of nitrogens with one attached hydrogen (secondary N) is 1. The zero-order valence-electron chi connectivity index (χ0n) is 18.0. The maximum absolute atomic E-state index is 13.1. The average Bonchev–Trinajstić information content (AvgIpc) is 3.34. The number of aryl methyl sites for hydroxylation is 1. The Morgan fingerprint density at radius 3 is 2.69 bits per heavy atom. The second-order valence-electron chi connectivity index (χ2n) is 8.40. The Labute approximate surface area is 193 Å². The largest absolute Gasteiger partial charge is 0.427 e. The molecule has 168 valence electrons. The van der Waals surface area contributed by atoms with E-state index >= 15 is 0 Å². The number of nitrogens with zero attached hydrogens (tertiary/aromatic N) is 6. The zero-order chi connectivity index (χ0) is 22.2. The van der Waals surface area contributed by atoms with E-state index in [2.05, 4.69) is 41.1 Å². The molecule has 2 N–H and O–H groups in total. The van der Waals surface area contributed by atoms with Crippen molar-refractivity contribution in [2.45, 2.75) is 38.6 Å². The lowest BCUT2D eigenvalue weighted by Crippen LogP contribution is -2.43. The highest BCUT2D eigenvalue weighted by Crippen LogP contribution is 2.32. The SMILES string of the molecule is Cc1c(Br)c(=O)n(C2CCCC2)c2nc(/N=c3/ccc(N4CCNCC4)cn3O)ncc12. The van der Waals surface area contributed by atoms with Gasteiger partial charge in [-0.25, -0.2) is 4.98 Å². The van der Waals surface area contributed by atoms with Crippen molar-refractivity contribution in [1.29, 1.82) is 0 Å². The highest BCUT2D eigenvalue weighted by atomic mass is 79.9. The average molecular weight is 500 g/mol. The van der Waals surface area contributed by atoms with Crippen LogP contribution >= 0.6 is 15.9 Å². The maximum Gasteiger partial charge on any atom is 0.267 e. The summed E-state index contributed by atoms with van der Waals surface area (Å²) in [6.45, 7) is 5.50. The molecule has 0 radical (unpaired) electrons. The summed E-state index contributed by atoms with van der Waals surface area (Å²) in [5, 5.41) is 14.7. The number of rotatable bonds is 3. The summed E-state index contributed by atoms with van der Waals surface area (Å²) in [6.07, 6.45) is 7.51. The van der Waals surface area contributed by atoms with Crippen molar-refractivity contribution in [2.24, 2.45) is 4.99 Å².